The van der Waals surface area contributed by atoms with Crippen molar-refractivity contribution in [3.8, 4) is 0 Å². The van der Waals surface area contributed by atoms with Gasteiger partial charge < -0.3 is 20.1 Å². The molecule has 0 aromatic rings. The summed E-state index contributed by atoms with van der Waals surface area (Å²) >= 11 is 0. The molecule has 7 heteroatoms. The smallest absolute Gasteiger partial charge is 0.313 e. The number of ether oxygens (including phenoxy) is 2. The van der Waals surface area contributed by atoms with Crippen LogP contribution >= 0.6 is 12.4 Å². The first kappa shape index (κ1) is 17.2. The van der Waals surface area contributed by atoms with Crippen LogP contribution < -0.4 is 10.6 Å². The molecule has 0 bridgehead atoms. The van der Waals surface area contributed by atoms with Crippen molar-refractivity contribution in [2.24, 2.45) is 5.41 Å². The van der Waals surface area contributed by atoms with E-state index in [9.17, 15) is 9.59 Å². The van der Waals surface area contributed by atoms with E-state index in [0.717, 1.165) is 0 Å². The number of hydrogen-bond donors (Lipinski definition) is 2. The summed E-state index contributed by atoms with van der Waals surface area (Å²) in [6.45, 7) is 5.35. The van der Waals surface area contributed by atoms with Crippen LogP contribution in [0.4, 0.5) is 0 Å². The number of esters is 1. The standard InChI is InChI=1S/C11H20N2O4.ClH/c1-11(2,10(15)16-3)7-13-9(14)8-6-17-5-4-12-8;/h8,12H,4-7H2,1-3H3,(H,13,14);1H. The van der Waals surface area contributed by atoms with Gasteiger partial charge in [0.05, 0.1) is 25.7 Å². The highest BCUT2D eigenvalue weighted by Crippen LogP contribution is 2.15. The summed E-state index contributed by atoms with van der Waals surface area (Å²) in [5.41, 5.74) is -0.722. The van der Waals surface area contributed by atoms with Crippen molar-refractivity contribution in [2.75, 3.05) is 33.4 Å². The molecule has 1 fully saturated rings. The monoisotopic (exact) mass is 280 g/mol. The molecule has 0 aromatic carbocycles. The van der Waals surface area contributed by atoms with Crippen molar-refractivity contribution in [3.63, 3.8) is 0 Å². The largest absolute Gasteiger partial charge is 0.469 e. The Labute approximate surface area is 113 Å². The number of halogens is 1. The summed E-state index contributed by atoms with van der Waals surface area (Å²) in [6.07, 6.45) is 0. The van der Waals surface area contributed by atoms with Gasteiger partial charge in [-0.2, -0.15) is 0 Å². The lowest BCUT2D eigenvalue weighted by atomic mass is 9.93. The summed E-state index contributed by atoms with van der Waals surface area (Å²) in [5.74, 6) is -0.493. The SMILES string of the molecule is COC(=O)C(C)(C)CNC(=O)C1COCCN1.Cl. The second-order valence-electron chi connectivity index (χ2n) is 4.67. The summed E-state index contributed by atoms with van der Waals surface area (Å²) in [5, 5.41) is 5.77. The van der Waals surface area contributed by atoms with E-state index in [1.165, 1.54) is 7.11 Å². The molecule has 1 amide bonds. The van der Waals surface area contributed by atoms with Crippen LogP contribution in [0.25, 0.3) is 0 Å². The van der Waals surface area contributed by atoms with Gasteiger partial charge in [-0.1, -0.05) is 0 Å². The van der Waals surface area contributed by atoms with Gasteiger partial charge in [-0.25, -0.2) is 0 Å². The Morgan fingerprint density at radius 1 is 1.50 bits per heavy atom. The van der Waals surface area contributed by atoms with E-state index in [1.54, 1.807) is 13.8 Å². The molecule has 1 heterocycles. The molecule has 0 aliphatic carbocycles. The molecular weight excluding hydrogens is 260 g/mol. The number of carbonyl (C=O) groups is 2. The van der Waals surface area contributed by atoms with Gasteiger partial charge in [0.1, 0.15) is 6.04 Å². The number of morpholine rings is 1. The van der Waals surface area contributed by atoms with Gasteiger partial charge in [0.15, 0.2) is 0 Å². The number of carbonyl (C=O) groups excluding carboxylic acids is 2. The van der Waals surface area contributed by atoms with Crippen LogP contribution in [0, 0.1) is 5.41 Å². The third-order valence-corrected chi connectivity index (χ3v) is 2.68. The van der Waals surface area contributed by atoms with Gasteiger partial charge in [-0.15, -0.1) is 12.4 Å². The van der Waals surface area contributed by atoms with E-state index in [0.29, 0.717) is 19.8 Å². The molecule has 0 saturated carbocycles. The lowest BCUT2D eigenvalue weighted by Gasteiger charge is -2.26. The Balaban J connectivity index is 0.00000289. The first-order valence-corrected chi connectivity index (χ1v) is 5.64. The van der Waals surface area contributed by atoms with E-state index in [-0.39, 0.29) is 36.9 Å². The van der Waals surface area contributed by atoms with Gasteiger partial charge in [0.25, 0.3) is 0 Å². The molecule has 1 unspecified atom stereocenters. The molecule has 18 heavy (non-hydrogen) atoms. The summed E-state index contributed by atoms with van der Waals surface area (Å²) in [7, 11) is 1.34. The molecule has 1 rings (SSSR count). The maximum Gasteiger partial charge on any atom is 0.313 e. The minimum atomic E-state index is -0.722. The summed E-state index contributed by atoms with van der Waals surface area (Å²) in [4.78, 5) is 23.2. The van der Waals surface area contributed by atoms with Gasteiger partial charge in [0.2, 0.25) is 5.91 Å². The quantitative estimate of drug-likeness (QED) is 0.692. The molecular formula is C11H21ClN2O4. The summed E-state index contributed by atoms with van der Waals surface area (Å²) < 4.78 is 9.85. The number of amides is 1. The predicted molar refractivity (Wildman–Crippen MR) is 68.7 cm³/mol. The molecule has 106 valence electrons. The van der Waals surface area contributed by atoms with E-state index in [1.807, 2.05) is 0 Å². The second kappa shape index (κ2) is 7.56. The van der Waals surface area contributed by atoms with Gasteiger partial charge in [0, 0.05) is 13.1 Å². The normalized spacial score (nSPS) is 19.6. The molecule has 0 radical (unpaired) electrons. The molecule has 6 nitrogen and oxygen atoms in total. The highest BCUT2D eigenvalue weighted by atomic mass is 35.5. The number of nitrogens with one attached hydrogen (secondary N) is 2. The maximum atomic E-state index is 11.7. The van der Waals surface area contributed by atoms with Crippen LogP contribution in [0.15, 0.2) is 0 Å². The number of methoxy groups -OCH3 is 1. The Morgan fingerprint density at radius 2 is 2.17 bits per heavy atom. The van der Waals surface area contributed by atoms with Crippen LogP contribution in [-0.2, 0) is 19.1 Å². The number of hydrogen-bond acceptors (Lipinski definition) is 5. The molecule has 1 aliphatic rings. The minimum Gasteiger partial charge on any atom is -0.469 e. The van der Waals surface area contributed by atoms with Crippen LogP contribution in [0.3, 0.4) is 0 Å². The van der Waals surface area contributed by atoms with Crippen molar-refractivity contribution in [2.45, 2.75) is 19.9 Å². The first-order valence-electron chi connectivity index (χ1n) is 5.64. The maximum absolute atomic E-state index is 11.7. The van der Waals surface area contributed by atoms with Crippen molar-refractivity contribution in [1.29, 1.82) is 0 Å². The molecule has 1 aliphatic heterocycles. The molecule has 2 N–H and O–H groups in total. The van der Waals surface area contributed by atoms with Gasteiger partial charge in [-0.3, -0.25) is 9.59 Å². The zero-order valence-electron chi connectivity index (χ0n) is 10.9. The zero-order valence-corrected chi connectivity index (χ0v) is 11.8. The Hall–Kier alpha value is -0.850. The van der Waals surface area contributed by atoms with E-state index >= 15 is 0 Å². The second-order valence-corrected chi connectivity index (χ2v) is 4.67. The topological polar surface area (TPSA) is 76.7 Å². The van der Waals surface area contributed by atoms with E-state index < -0.39 is 5.41 Å². The number of rotatable bonds is 4. The third kappa shape index (κ3) is 4.80. The Morgan fingerprint density at radius 3 is 2.67 bits per heavy atom. The summed E-state index contributed by atoms with van der Waals surface area (Å²) in [6, 6.07) is -0.336. The molecule has 1 saturated heterocycles. The fourth-order valence-corrected chi connectivity index (χ4v) is 1.51. The minimum absolute atomic E-state index is 0. The van der Waals surface area contributed by atoms with Crippen molar-refractivity contribution in [1.82, 2.24) is 10.6 Å². The van der Waals surface area contributed by atoms with Crippen molar-refractivity contribution in [3.05, 3.63) is 0 Å². The van der Waals surface area contributed by atoms with Crippen LogP contribution in [0.2, 0.25) is 0 Å². The predicted octanol–water partition coefficient (Wildman–Crippen LogP) is -0.288. The van der Waals surface area contributed by atoms with Crippen LogP contribution in [-0.4, -0.2) is 51.3 Å². The van der Waals surface area contributed by atoms with Crippen LogP contribution in [0.1, 0.15) is 13.8 Å². The average molecular weight is 281 g/mol. The zero-order chi connectivity index (χ0) is 12.9. The Bertz CT molecular complexity index is 291. The Kier molecular flexibility index (Phi) is 7.20. The van der Waals surface area contributed by atoms with Crippen molar-refractivity contribution < 1.29 is 19.1 Å². The molecule has 0 spiro atoms. The van der Waals surface area contributed by atoms with Crippen LogP contribution in [0.5, 0.6) is 0 Å². The third-order valence-electron chi connectivity index (χ3n) is 2.68. The fraction of sp³-hybridized carbons (Fsp3) is 0.818. The molecule has 1 atom stereocenters. The highest BCUT2D eigenvalue weighted by Gasteiger charge is 2.30. The fourth-order valence-electron chi connectivity index (χ4n) is 1.51. The lowest BCUT2D eigenvalue weighted by Crippen LogP contribution is -2.53. The van der Waals surface area contributed by atoms with Gasteiger partial charge >= 0.3 is 5.97 Å². The van der Waals surface area contributed by atoms with E-state index in [2.05, 4.69) is 15.4 Å². The van der Waals surface area contributed by atoms with Gasteiger partial charge in [-0.05, 0) is 13.8 Å². The highest BCUT2D eigenvalue weighted by molar-refractivity contribution is 5.85. The molecule has 0 aromatic heterocycles. The van der Waals surface area contributed by atoms with E-state index in [4.69, 9.17) is 4.74 Å². The first-order chi connectivity index (χ1) is 7.97. The average Bonchev–Trinajstić information content (AvgIpc) is 2.36. The lowest BCUT2D eigenvalue weighted by molar-refractivity contribution is -0.150. The van der Waals surface area contributed by atoms with Crippen molar-refractivity contribution >= 4 is 24.3 Å².